The van der Waals surface area contributed by atoms with Crippen LogP contribution in [0.4, 0.5) is 0 Å². The second-order valence-corrected chi connectivity index (χ2v) is 29.3. The molecule has 20 aromatic rings. The largest absolute Gasteiger partial charge is 0.213 e. The van der Waals surface area contributed by atoms with Crippen molar-refractivity contribution >= 4 is 108 Å². The van der Waals surface area contributed by atoms with Crippen LogP contribution in [-0.2, 0) is 35.2 Å². The Morgan fingerprint density at radius 2 is 0.408 bits per heavy atom. The molecule has 0 atom stereocenters. The minimum Gasteiger partial charge on any atom is -0.201 e. The molecule has 0 aliphatic rings. The van der Waals surface area contributed by atoms with E-state index in [-0.39, 0.29) is 0 Å². The maximum atomic E-state index is 2.34. The van der Waals surface area contributed by atoms with Gasteiger partial charge in [-0.25, -0.2) is 22.8 Å². The molecule has 0 bridgehead atoms. The smallest absolute Gasteiger partial charge is 0.201 e. The van der Waals surface area contributed by atoms with Crippen molar-refractivity contribution in [1.29, 1.82) is 0 Å². The van der Waals surface area contributed by atoms with Crippen molar-refractivity contribution in [2.75, 3.05) is 0 Å². The van der Waals surface area contributed by atoms with Gasteiger partial charge in [0.05, 0.1) is 5.56 Å². The van der Waals surface area contributed by atoms with Gasteiger partial charge in [0, 0.05) is 88.3 Å². The van der Waals surface area contributed by atoms with E-state index in [9.17, 15) is 0 Å². The van der Waals surface area contributed by atoms with E-state index in [0.29, 0.717) is 0 Å². The normalized spacial score (nSPS) is 9.92. The minimum absolute atomic E-state index is 1.25. The molecule has 15 aromatic carbocycles. The zero-order valence-corrected chi connectivity index (χ0v) is 84.4. The lowest BCUT2D eigenvalue weighted by Gasteiger charge is -2.11. The maximum absolute atomic E-state index is 2.34. The molecule has 0 spiro atoms. The van der Waals surface area contributed by atoms with Crippen molar-refractivity contribution in [3.05, 3.63) is 392 Å². The Balaban J connectivity index is 0.000000238. The van der Waals surface area contributed by atoms with Gasteiger partial charge in [-0.3, -0.25) is 0 Å². The maximum Gasteiger partial charge on any atom is 0.213 e. The van der Waals surface area contributed by atoms with Crippen LogP contribution >= 0.6 is 0 Å². The van der Waals surface area contributed by atoms with Gasteiger partial charge in [0.1, 0.15) is 35.2 Å². The molecule has 0 saturated heterocycles. The van der Waals surface area contributed by atoms with Gasteiger partial charge in [0.15, 0.2) is 31.0 Å². The number of rotatable bonds is 5. The molecule has 5 heteroatoms. The van der Waals surface area contributed by atoms with Crippen LogP contribution in [0.3, 0.4) is 0 Å². The quantitative estimate of drug-likeness (QED) is 0.0930. The molecular weight excluding hydrogens is 1570 g/mol. The summed E-state index contributed by atoms with van der Waals surface area (Å²) in [5, 5.41) is 26.2. The summed E-state index contributed by atoms with van der Waals surface area (Å²) in [4.78, 5) is 0. The summed E-state index contributed by atoms with van der Waals surface area (Å²) in [7, 11) is 10.5. The van der Waals surface area contributed by atoms with Crippen LogP contribution in [0, 0.1) is 34.6 Å². The lowest BCUT2D eigenvalue weighted by Crippen LogP contribution is -2.30. The molecule has 670 valence electrons. The van der Waals surface area contributed by atoms with Gasteiger partial charge >= 0.3 is 0 Å². The van der Waals surface area contributed by atoms with Crippen LogP contribution < -0.4 is 22.8 Å². The molecule has 0 amide bonds. The molecule has 0 radical (unpaired) electrons. The Kier molecular flexibility index (Phi) is 44.4. The third-order valence-corrected chi connectivity index (χ3v) is 22.2. The molecule has 0 unspecified atom stereocenters. The molecule has 0 N–H and O–H groups in total. The third-order valence-electron chi connectivity index (χ3n) is 22.2. The van der Waals surface area contributed by atoms with Gasteiger partial charge in [0.2, 0.25) is 28.5 Å². The zero-order chi connectivity index (χ0) is 95.5. The average molecular weight is 1720 g/mol. The summed E-state index contributed by atoms with van der Waals surface area (Å²) >= 11 is 0. The van der Waals surface area contributed by atoms with Gasteiger partial charge < -0.3 is 0 Å². The molecule has 0 saturated carbocycles. The first-order valence-corrected chi connectivity index (χ1v) is 48.1. The molecule has 20 rings (SSSR count). The standard InChI is InChI=1S/5C21H18N.10C2H6/c1-15-18(20-9-5-6-14-22(20)2)13-12-17-11-10-16-7-3-4-8-19(16)21(15)17;1-15-10-11-17-13-12-16-7-3-4-8-18(16)21(17)20(15)19-9-5-6-14-22(19)2;1-15-13-20-17(11-10-16-7-3-4-8-18(16)20)14-19(15)21-9-5-6-12-22(21)2;1-15-13-17-11-10-16-7-3-4-8-18(16)20(17)14-19(15)21-9-5-6-12-22(21)2;1-15-11-18-12-16-7-3-4-8-17(16)13-19(18)14-20(15)21-9-5-6-10-22(21)2;10*1-2/h5*3-14H,1-2H3;10*1-2H3/q5*+1;;;;;;;;;;. The highest BCUT2D eigenvalue weighted by Gasteiger charge is 2.21. The lowest BCUT2D eigenvalue weighted by atomic mass is 9.92. The van der Waals surface area contributed by atoms with Gasteiger partial charge in [-0.1, -0.05) is 339 Å². The first-order chi connectivity index (χ1) is 63.7. The van der Waals surface area contributed by atoms with Gasteiger partial charge in [0.25, 0.3) is 0 Å². The molecule has 5 aromatic heterocycles. The van der Waals surface area contributed by atoms with Crippen LogP contribution in [-0.4, -0.2) is 0 Å². The highest BCUT2D eigenvalue weighted by atomic mass is 14.9. The Morgan fingerprint density at radius 1 is 0.154 bits per heavy atom. The van der Waals surface area contributed by atoms with Crippen LogP contribution in [0.25, 0.3) is 164 Å². The lowest BCUT2D eigenvalue weighted by molar-refractivity contribution is -0.660. The van der Waals surface area contributed by atoms with Gasteiger partial charge in [-0.05, 0) is 238 Å². The number of pyridine rings is 5. The topological polar surface area (TPSA) is 19.4 Å². The first kappa shape index (κ1) is 105. The fourth-order valence-corrected chi connectivity index (χ4v) is 16.3. The van der Waals surface area contributed by atoms with E-state index in [0.717, 1.165) is 0 Å². The first-order valence-electron chi connectivity index (χ1n) is 48.1. The van der Waals surface area contributed by atoms with E-state index in [4.69, 9.17) is 0 Å². The molecule has 5 nitrogen and oxygen atoms in total. The second-order valence-electron chi connectivity index (χ2n) is 29.3. The molecule has 0 fully saturated rings. The van der Waals surface area contributed by atoms with Crippen LogP contribution in [0.5, 0.6) is 0 Å². The Hall–Kier alpha value is -13.4. The number of nitrogens with zero attached hydrogens (tertiary/aromatic N) is 5. The SMILES string of the molecule is CC.CC.CC.CC.CC.CC.CC.CC.CC.CC.Cc1c(-c2cccc[n+]2C)ccc2ccc3ccccc3c12.Cc1cc2c(ccc3ccccc32)cc1-c1cccc[n+]1C.Cc1cc2cc3ccccc3cc2cc1-c1cccc[n+]1C.Cc1cc2ccc3ccccc3c2cc1-c1cccc[n+]1C.Cc1ccc2ccc3ccccc3c2c1-c1cccc[n+]1C. The minimum atomic E-state index is 1.25. The average Bonchev–Trinajstić information content (AvgIpc) is 0.670. The number of benzene rings is 15. The highest BCUT2D eigenvalue weighted by molar-refractivity contribution is 6.15. The predicted octanol–water partition coefficient (Wildman–Crippen LogP) is 34.2. The van der Waals surface area contributed by atoms with E-state index < -0.39 is 0 Å². The number of hydrogen-bond donors (Lipinski definition) is 0. The van der Waals surface area contributed by atoms with E-state index in [1.165, 1.54) is 192 Å². The van der Waals surface area contributed by atoms with Crippen LogP contribution in [0.15, 0.2) is 365 Å². The zero-order valence-electron chi connectivity index (χ0n) is 84.4. The van der Waals surface area contributed by atoms with E-state index in [1.807, 2.05) is 138 Å². The van der Waals surface area contributed by atoms with E-state index in [2.05, 4.69) is 457 Å². The number of fused-ring (bicyclic) bond motifs is 14. The van der Waals surface area contributed by atoms with Crippen molar-refractivity contribution < 1.29 is 22.8 Å². The second kappa shape index (κ2) is 54.7. The van der Waals surface area contributed by atoms with E-state index in [1.54, 1.807) is 0 Å². The molecule has 130 heavy (non-hydrogen) atoms. The Bertz CT molecular complexity index is 6800. The summed E-state index contributed by atoms with van der Waals surface area (Å²) < 4.78 is 10.9. The molecule has 0 aliphatic carbocycles. The predicted molar refractivity (Wildman–Crippen MR) is 577 cm³/mol. The van der Waals surface area contributed by atoms with Gasteiger partial charge in [-0.2, -0.15) is 0 Å². The highest BCUT2D eigenvalue weighted by Crippen LogP contribution is 2.39. The fraction of sp³-hybridized carbons (Fsp3) is 0.240. The number of hydrogen-bond acceptors (Lipinski definition) is 0. The van der Waals surface area contributed by atoms with Crippen molar-refractivity contribution in [2.24, 2.45) is 35.2 Å². The van der Waals surface area contributed by atoms with E-state index >= 15 is 0 Å². The van der Waals surface area contributed by atoms with Crippen molar-refractivity contribution in [3.8, 4) is 56.3 Å². The molecular formula is C125H150N5+5. The Labute approximate surface area is 782 Å². The number of aromatic nitrogens is 5. The summed E-state index contributed by atoms with van der Waals surface area (Å²) in [5.74, 6) is 0. The monoisotopic (exact) mass is 1720 g/mol. The Morgan fingerprint density at radius 3 is 0.808 bits per heavy atom. The van der Waals surface area contributed by atoms with Crippen LogP contribution in [0.2, 0.25) is 0 Å². The van der Waals surface area contributed by atoms with Crippen LogP contribution in [0.1, 0.15) is 166 Å². The summed E-state index contributed by atoms with van der Waals surface area (Å²) in [5.41, 5.74) is 19.3. The van der Waals surface area contributed by atoms with Gasteiger partial charge in [-0.15, -0.1) is 0 Å². The third kappa shape index (κ3) is 25.2. The fourth-order valence-electron chi connectivity index (χ4n) is 16.3. The van der Waals surface area contributed by atoms with Crippen molar-refractivity contribution in [1.82, 2.24) is 0 Å². The van der Waals surface area contributed by atoms with Crippen molar-refractivity contribution in [2.45, 2.75) is 173 Å². The summed E-state index contributed by atoms with van der Waals surface area (Å²) in [6.45, 7) is 51.0. The molecule has 0 aliphatic heterocycles. The number of aryl methyl sites for hydroxylation is 10. The molecule has 5 heterocycles. The summed E-state index contributed by atoms with van der Waals surface area (Å²) in [6, 6.07) is 120. The summed E-state index contributed by atoms with van der Waals surface area (Å²) in [6.07, 6.45) is 10.5. The van der Waals surface area contributed by atoms with Crippen molar-refractivity contribution in [3.63, 3.8) is 0 Å².